The predicted octanol–water partition coefficient (Wildman–Crippen LogP) is 6.57. The predicted molar refractivity (Wildman–Crippen MR) is 126 cm³/mol. The first-order valence-electron chi connectivity index (χ1n) is 9.18. The summed E-state index contributed by atoms with van der Waals surface area (Å²) >= 11 is 9.58. The number of thioether (sulfide) groups is 2. The third kappa shape index (κ3) is 4.96. The van der Waals surface area contributed by atoms with Gasteiger partial charge in [0.2, 0.25) is 0 Å². The van der Waals surface area contributed by atoms with Gasteiger partial charge < -0.3 is 10.1 Å². The molecule has 0 atom stereocenters. The van der Waals surface area contributed by atoms with Gasteiger partial charge in [0.1, 0.15) is 24.2 Å². The number of nitrogens with one attached hydrogen (secondary N) is 1. The van der Waals surface area contributed by atoms with E-state index >= 15 is 0 Å². The molecule has 4 rings (SSSR count). The molecule has 2 aromatic carbocycles. The second-order valence-corrected chi connectivity index (χ2v) is 8.77. The first-order chi connectivity index (χ1) is 15.1. The summed E-state index contributed by atoms with van der Waals surface area (Å²) in [5, 5.41) is 14.2. The number of hydrogen-bond donors (Lipinski definition) is 1. The molecule has 1 aromatic heterocycles. The summed E-state index contributed by atoms with van der Waals surface area (Å²) < 4.78 is 19.1. The minimum atomic E-state index is -0.312. The van der Waals surface area contributed by atoms with Gasteiger partial charge in [0.15, 0.2) is 5.82 Å². The molecule has 5 nitrogen and oxygen atoms in total. The molecule has 1 aliphatic heterocycles. The van der Waals surface area contributed by atoms with Crippen LogP contribution in [0.5, 0.6) is 5.75 Å². The van der Waals surface area contributed by atoms with Crippen LogP contribution >= 0.6 is 35.1 Å². The zero-order valence-corrected chi connectivity index (χ0v) is 18.7. The quantitative estimate of drug-likeness (QED) is 0.455. The van der Waals surface area contributed by atoms with Crippen LogP contribution in [0, 0.1) is 17.1 Å². The molecular formula is C22H16ClFN4OS2. The van der Waals surface area contributed by atoms with E-state index in [4.69, 9.17) is 16.3 Å². The van der Waals surface area contributed by atoms with Gasteiger partial charge in [-0.25, -0.2) is 14.4 Å². The first-order valence-corrected chi connectivity index (χ1v) is 11.8. The number of rotatable bonds is 5. The molecule has 1 N–H and O–H groups in total. The van der Waals surface area contributed by atoms with Crippen molar-refractivity contribution < 1.29 is 9.13 Å². The molecule has 0 radical (unpaired) electrons. The lowest BCUT2D eigenvalue weighted by Gasteiger charge is -2.19. The lowest BCUT2D eigenvalue weighted by molar-refractivity contribution is 0.306. The Labute approximate surface area is 192 Å². The fourth-order valence-electron chi connectivity index (χ4n) is 2.92. The molecule has 0 saturated carbocycles. The summed E-state index contributed by atoms with van der Waals surface area (Å²) in [5.74, 6) is 1.50. The van der Waals surface area contributed by atoms with Crippen LogP contribution in [-0.2, 0) is 6.61 Å². The molecule has 0 unspecified atom stereocenters. The number of fused-ring (bicyclic) bond motifs is 1. The van der Waals surface area contributed by atoms with Gasteiger partial charge in [0.05, 0.1) is 26.2 Å². The van der Waals surface area contributed by atoms with Crippen molar-refractivity contribution in [2.75, 3.05) is 17.3 Å². The van der Waals surface area contributed by atoms with E-state index in [1.54, 1.807) is 47.8 Å². The van der Waals surface area contributed by atoms with Crippen LogP contribution in [0.3, 0.4) is 0 Å². The number of nitrogens with zero attached hydrogens (tertiary/aromatic N) is 3. The van der Waals surface area contributed by atoms with Gasteiger partial charge in [-0.2, -0.15) is 5.26 Å². The third-order valence-corrected chi connectivity index (χ3v) is 6.70. The van der Waals surface area contributed by atoms with Crippen LogP contribution in [0.15, 0.2) is 58.5 Å². The monoisotopic (exact) mass is 470 g/mol. The number of aromatic nitrogens is 1. The van der Waals surface area contributed by atoms with Crippen molar-refractivity contribution in [2.45, 2.75) is 11.5 Å². The molecule has 31 heavy (non-hydrogen) atoms. The Kier molecular flexibility index (Phi) is 6.66. The summed E-state index contributed by atoms with van der Waals surface area (Å²) in [6.45, 7) is 0.202. The van der Waals surface area contributed by atoms with Crippen LogP contribution in [0.4, 0.5) is 21.6 Å². The molecule has 9 heteroatoms. The average molecular weight is 471 g/mol. The fraction of sp³-hybridized carbons (Fsp3) is 0.136. The molecular weight excluding hydrogens is 455 g/mol. The van der Waals surface area contributed by atoms with E-state index in [1.807, 2.05) is 12.3 Å². The Morgan fingerprint density at radius 3 is 2.94 bits per heavy atom. The Bertz CT molecular complexity index is 1210. The van der Waals surface area contributed by atoms with E-state index in [9.17, 15) is 9.65 Å². The summed E-state index contributed by atoms with van der Waals surface area (Å²) in [5.41, 5.74) is 2.50. The maximum Gasteiger partial charge on any atom is 0.168 e. The highest BCUT2D eigenvalue weighted by Gasteiger charge is 2.20. The standard InChI is InChI=1S/C22H16ClFN4OS2/c1-30-19-12-31-21-20(14(9-25)10-26-22(21)28-19)27-16-5-6-18(17(23)8-16)29-11-13-3-2-4-15(24)7-13/h2-8,10H,11-12H2,1H3,(H,26,27). The number of aliphatic imine (C=N–C) groups is 1. The number of ether oxygens (including phenoxy) is 1. The maximum absolute atomic E-state index is 13.3. The van der Waals surface area contributed by atoms with Crippen molar-refractivity contribution in [1.29, 1.82) is 5.26 Å². The lowest BCUT2D eigenvalue weighted by atomic mass is 10.2. The van der Waals surface area contributed by atoms with Gasteiger partial charge in [-0.1, -0.05) is 23.7 Å². The number of nitriles is 1. The van der Waals surface area contributed by atoms with Crippen molar-refractivity contribution in [2.24, 2.45) is 4.99 Å². The Hall–Kier alpha value is -2.73. The van der Waals surface area contributed by atoms with Gasteiger partial charge in [-0.05, 0) is 42.2 Å². The van der Waals surface area contributed by atoms with Crippen molar-refractivity contribution in [3.63, 3.8) is 0 Å². The minimum absolute atomic E-state index is 0.202. The van der Waals surface area contributed by atoms with E-state index in [1.165, 1.54) is 18.3 Å². The Balaban J connectivity index is 1.56. The zero-order chi connectivity index (χ0) is 21.8. The van der Waals surface area contributed by atoms with Gasteiger partial charge in [0.25, 0.3) is 0 Å². The molecule has 0 aliphatic carbocycles. The summed E-state index contributed by atoms with van der Waals surface area (Å²) in [4.78, 5) is 9.72. The number of anilines is 2. The Morgan fingerprint density at radius 1 is 1.32 bits per heavy atom. The van der Waals surface area contributed by atoms with Gasteiger partial charge in [-0.15, -0.1) is 23.5 Å². The molecule has 0 saturated heterocycles. The SMILES string of the molecule is CSC1=Nc2ncc(C#N)c(Nc3ccc(OCc4cccc(F)c4)c(Cl)c3)c2SC1. The van der Waals surface area contributed by atoms with Gasteiger partial charge in [0, 0.05) is 17.6 Å². The second-order valence-electron chi connectivity index (χ2n) is 6.50. The highest BCUT2D eigenvalue weighted by molar-refractivity contribution is 8.15. The number of halogens is 2. The third-order valence-electron chi connectivity index (χ3n) is 4.43. The molecule has 0 bridgehead atoms. The lowest BCUT2D eigenvalue weighted by Crippen LogP contribution is -2.05. The van der Waals surface area contributed by atoms with E-state index in [0.717, 1.165) is 15.7 Å². The van der Waals surface area contributed by atoms with Crippen LogP contribution in [0.25, 0.3) is 0 Å². The van der Waals surface area contributed by atoms with Crippen LogP contribution in [0.2, 0.25) is 5.02 Å². The Morgan fingerprint density at radius 2 is 2.19 bits per heavy atom. The largest absolute Gasteiger partial charge is 0.487 e. The fourth-order valence-corrected chi connectivity index (χ4v) is 4.85. The first kappa shape index (κ1) is 21.5. The van der Waals surface area contributed by atoms with E-state index < -0.39 is 0 Å². The zero-order valence-electron chi connectivity index (χ0n) is 16.4. The maximum atomic E-state index is 13.3. The van der Waals surface area contributed by atoms with Crippen molar-refractivity contribution >= 4 is 57.4 Å². The molecule has 0 spiro atoms. The molecule has 2 heterocycles. The van der Waals surface area contributed by atoms with Crippen molar-refractivity contribution in [3.8, 4) is 11.8 Å². The minimum Gasteiger partial charge on any atom is -0.487 e. The number of benzene rings is 2. The highest BCUT2D eigenvalue weighted by atomic mass is 35.5. The van der Waals surface area contributed by atoms with Gasteiger partial charge >= 0.3 is 0 Å². The smallest absolute Gasteiger partial charge is 0.168 e. The van der Waals surface area contributed by atoms with Crippen molar-refractivity contribution in [3.05, 3.63) is 70.6 Å². The van der Waals surface area contributed by atoms with Gasteiger partial charge in [-0.3, -0.25) is 0 Å². The molecule has 0 amide bonds. The second kappa shape index (κ2) is 9.60. The number of pyridine rings is 1. The molecule has 0 fully saturated rings. The number of hydrogen-bond acceptors (Lipinski definition) is 7. The summed E-state index contributed by atoms with van der Waals surface area (Å²) in [7, 11) is 0. The summed E-state index contributed by atoms with van der Waals surface area (Å²) in [6.07, 6.45) is 3.50. The molecule has 1 aliphatic rings. The van der Waals surface area contributed by atoms with Crippen LogP contribution in [0.1, 0.15) is 11.1 Å². The molecule has 3 aromatic rings. The average Bonchev–Trinajstić information content (AvgIpc) is 2.78. The summed E-state index contributed by atoms with van der Waals surface area (Å²) in [6, 6.07) is 13.7. The van der Waals surface area contributed by atoms with Crippen LogP contribution in [-0.4, -0.2) is 22.0 Å². The van der Waals surface area contributed by atoms with E-state index in [0.29, 0.717) is 39.1 Å². The van der Waals surface area contributed by atoms with Crippen molar-refractivity contribution in [1.82, 2.24) is 4.98 Å². The van der Waals surface area contributed by atoms with E-state index in [-0.39, 0.29) is 12.4 Å². The van der Waals surface area contributed by atoms with Crippen LogP contribution < -0.4 is 10.1 Å². The van der Waals surface area contributed by atoms with E-state index in [2.05, 4.69) is 21.4 Å². The normalized spacial score (nSPS) is 12.5. The highest BCUT2D eigenvalue weighted by Crippen LogP contribution is 2.42. The topological polar surface area (TPSA) is 70.3 Å². The molecule has 156 valence electrons.